The average molecular weight is 464 g/mol. The van der Waals surface area contributed by atoms with E-state index in [1.54, 1.807) is 24.3 Å². The Labute approximate surface area is 197 Å². The van der Waals surface area contributed by atoms with E-state index >= 15 is 0 Å². The number of furan rings is 1. The molecule has 2 N–H and O–H groups in total. The summed E-state index contributed by atoms with van der Waals surface area (Å²) in [6, 6.07) is 21.9. The molecule has 0 amide bonds. The number of fused-ring (bicyclic) bond motifs is 1. The van der Waals surface area contributed by atoms with Gasteiger partial charge in [-0.05, 0) is 54.6 Å². The van der Waals surface area contributed by atoms with Crippen LogP contribution >= 0.6 is 11.6 Å². The minimum atomic E-state index is -0.606. The predicted octanol–water partition coefficient (Wildman–Crippen LogP) is 5.72. The van der Waals surface area contributed by atoms with Crippen molar-refractivity contribution in [2.45, 2.75) is 26.0 Å². The molecule has 0 aliphatic carbocycles. The van der Waals surface area contributed by atoms with E-state index in [1.165, 1.54) is 0 Å². The number of rotatable bonds is 9. The molecule has 1 unspecified atom stereocenters. The average Bonchev–Trinajstić information content (AvgIpc) is 3.21. The molecule has 0 spiro atoms. The predicted molar refractivity (Wildman–Crippen MR) is 131 cm³/mol. The Kier molecular flexibility index (Phi) is 7.14. The van der Waals surface area contributed by atoms with E-state index in [2.05, 4.69) is 5.32 Å². The van der Waals surface area contributed by atoms with Crippen molar-refractivity contribution >= 4 is 28.4 Å². The van der Waals surface area contributed by atoms with Crippen molar-refractivity contribution in [3.63, 3.8) is 0 Å². The lowest BCUT2D eigenvalue weighted by atomic mass is 9.97. The van der Waals surface area contributed by atoms with Crippen LogP contribution in [0.2, 0.25) is 5.02 Å². The molecule has 1 atom stereocenters. The lowest BCUT2D eigenvalue weighted by Gasteiger charge is -2.15. The third kappa shape index (κ3) is 5.45. The summed E-state index contributed by atoms with van der Waals surface area (Å²) in [4.78, 5) is 13.4. The van der Waals surface area contributed by atoms with Gasteiger partial charge in [0.15, 0.2) is 5.78 Å². The number of hydrogen-bond acceptors (Lipinski definition) is 5. The molecule has 0 aliphatic heterocycles. The zero-order valence-corrected chi connectivity index (χ0v) is 19.3. The van der Waals surface area contributed by atoms with Crippen LogP contribution in [0.1, 0.15) is 29.8 Å². The highest BCUT2D eigenvalue weighted by Gasteiger charge is 2.23. The van der Waals surface area contributed by atoms with Crippen molar-refractivity contribution in [1.29, 1.82) is 0 Å². The molecule has 4 aromatic rings. The zero-order valence-electron chi connectivity index (χ0n) is 18.5. The summed E-state index contributed by atoms with van der Waals surface area (Å²) in [5, 5.41) is 14.6. The first-order chi connectivity index (χ1) is 15.9. The second kappa shape index (κ2) is 10.2. The summed E-state index contributed by atoms with van der Waals surface area (Å²) in [5.41, 5.74) is 2.46. The van der Waals surface area contributed by atoms with Gasteiger partial charge < -0.3 is 19.6 Å². The van der Waals surface area contributed by atoms with Crippen molar-refractivity contribution in [1.82, 2.24) is 5.32 Å². The van der Waals surface area contributed by atoms with Gasteiger partial charge in [0, 0.05) is 34.1 Å². The normalized spacial score (nSPS) is 12.3. The van der Waals surface area contributed by atoms with E-state index in [1.807, 2.05) is 62.4 Å². The van der Waals surface area contributed by atoms with E-state index in [0.29, 0.717) is 45.8 Å². The summed E-state index contributed by atoms with van der Waals surface area (Å²) in [6.07, 6.45) is -0.606. The van der Waals surface area contributed by atoms with Crippen molar-refractivity contribution in [2.24, 2.45) is 0 Å². The highest BCUT2D eigenvalue weighted by Crippen LogP contribution is 2.36. The maximum Gasteiger partial charge on any atom is 0.197 e. The van der Waals surface area contributed by atoms with Crippen LogP contribution in [0.3, 0.4) is 0 Å². The van der Waals surface area contributed by atoms with Crippen LogP contribution in [0.15, 0.2) is 77.2 Å². The molecular weight excluding hydrogens is 438 g/mol. The summed E-state index contributed by atoms with van der Waals surface area (Å²) in [5.74, 6) is 1.00. The number of carbonyl (C=O) groups excluding carboxylic acids is 1. The minimum Gasteiger partial charge on any atom is -0.491 e. The fraction of sp³-hybridized carbons (Fsp3) is 0.222. The molecule has 1 aromatic heterocycles. The van der Waals surface area contributed by atoms with Crippen LogP contribution in [-0.2, 0) is 0 Å². The van der Waals surface area contributed by atoms with E-state index in [0.717, 1.165) is 10.9 Å². The van der Waals surface area contributed by atoms with Crippen LogP contribution in [0, 0.1) is 0 Å². The smallest absolute Gasteiger partial charge is 0.197 e. The minimum absolute atomic E-state index is 0.132. The number of halogens is 1. The van der Waals surface area contributed by atoms with Crippen molar-refractivity contribution in [3.8, 4) is 17.1 Å². The van der Waals surface area contributed by atoms with Gasteiger partial charge in [0.25, 0.3) is 0 Å². The maximum atomic E-state index is 13.4. The van der Waals surface area contributed by atoms with Gasteiger partial charge in [0.1, 0.15) is 29.8 Å². The zero-order chi connectivity index (χ0) is 23.4. The molecule has 5 nitrogen and oxygen atoms in total. The summed E-state index contributed by atoms with van der Waals surface area (Å²) in [6.45, 7) is 4.70. The summed E-state index contributed by atoms with van der Waals surface area (Å²) in [7, 11) is 0. The molecule has 0 radical (unpaired) electrons. The molecule has 4 rings (SSSR count). The van der Waals surface area contributed by atoms with Crippen LogP contribution in [-0.4, -0.2) is 36.2 Å². The lowest BCUT2D eigenvalue weighted by Crippen LogP contribution is -2.35. The molecule has 170 valence electrons. The van der Waals surface area contributed by atoms with Crippen LogP contribution in [0.5, 0.6) is 5.75 Å². The monoisotopic (exact) mass is 463 g/mol. The van der Waals surface area contributed by atoms with Gasteiger partial charge >= 0.3 is 0 Å². The Morgan fingerprint density at radius 1 is 1.03 bits per heavy atom. The number of hydrogen-bond donors (Lipinski definition) is 2. The number of nitrogens with one attached hydrogen (secondary N) is 1. The lowest BCUT2D eigenvalue weighted by molar-refractivity contribution is 0.103. The van der Waals surface area contributed by atoms with Crippen LogP contribution in [0.25, 0.3) is 22.3 Å². The number of para-hydroxylation sites is 1. The molecule has 0 bridgehead atoms. The number of aliphatic hydroxyl groups is 1. The van der Waals surface area contributed by atoms with Gasteiger partial charge in [-0.25, -0.2) is 0 Å². The van der Waals surface area contributed by atoms with Crippen LogP contribution in [0.4, 0.5) is 0 Å². The summed E-state index contributed by atoms with van der Waals surface area (Å²) >= 11 is 5.99. The van der Waals surface area contributed by atoms with E-state index < -0.39 is 6.10 Å². The largest absolute Gasteiger partial charge is 0.491 e. The molecule has 0 fully saturated rings. The van der Waals surface area contributed by atoms with Gasteiger partial charge in [-0.15, -0.1) is 0 Å². The van der Waals surface area contributed by atoms with Crippen molar-refractivity contribution in [2.75, 3.05) is 13.2 Å². The molecule has 0 saturated carbocycles. The standard InChI is InChI=1S/C27H26ClNO4/c1-17(2)29-15-21(30)16-32-22-13-9-19(10-14-22)27-25(23-5-3-4-6-24(23)33-27)26(31)18-7-11-20(28)12-8-18/h3-14,17,21,29-30H,15-16H2,1-2H3. The molecule has 33 heavy (non-hydrogen) atoms. The third-order valence-electron chi connectivity index (χ3n) is 5.25. The van der Waals surface area contributed by atoms with Crippen molar-refractivity contribution < 1.29 is 19.1 Å². The van der Waals surface area contributed by atoms with E-state index in [9.17, 15) is 9.90 Å². The molecule has 3 aromatic carbocycles. The topological polar surface area (TPSA) is 71.7 Å². The van der Waals surface area contributed by atoms with Gasteiger partial charge in [0.2, 0.25) is 0 Å². The highest BCUT2D eigenvalue weighted by atomic mass is 35.5. The molecule has 0 saturated heterocycles. The number of benzene rings is 3. The SMILES string of the molecule is CC(C)NCC(O)COc1ccc(-c2oc3ccccc3c2C(=O)c2ccc(Cl)cc2)cc1. The second-order valence-electron chi connectivity index (χ2n) is 8.19. The Morgan fingerprint density at radius 2 is 1.73 bits per heavy atom. The number of ether oxygens (including phenoxy) is 1. The summed E-state index contributed by atoms with van der Waals surface area (Å²) < 4.78 is 11.8. The maximum absolute atomic E-state index is 13.4. The Balaban J connectivity index is 1.60. The van der Waals surface area contributed by atoms with Gasteiger partial charge in [-0.3, -0.25) is 4.79 Å². The molecule has 6 heteroatoms. The Bertz CT molecular complexity index is 1230. The first-order valence-corrected chi connectivity index (χ1v) is 11.3. The quantitative estimate of drug-likeness (QED) is 0.310. The number of ketones is 1. The Hall–Kier alpha value is -3.12. The van der Waals surface area contributed by atoms with Gasteiger partial charge in [-0.2, -0.15) is 0 Å². The fourth-order valence-corrected chi connectivity index (χ4v) is 3.67. The van der Waals surface area contributed by atoms with Crippen molar-refractivity contribution in [3.05, 3.63) is 88.9 Å². The Morgan fingerprint density at radius 3 is 2.42 bits per heavy atom. The first kappa shape index (κ1) is 23.1. The van der Waals surface area contributed by atoms with Gasteiger partial charge in [-0.1, -0.05) is 43.6 Å². The third-order valence-corrected chi connectivity index (χ3v) is 5.50. The molecule has 0 aliphatic rings. The number of carbonyl (C=O) groups is 1. The second-order valence-corrected chi connectivity index (χ2v) is 8.63. The van der Waals surface area contributed by atoms with E-state index in [4.69, 9.17) is 20.8 Å². The van der Waals surface area contributed by atoms with E-state index in [-0.39, 0.29) is 12.4 Å². The fourth-order valence-electron chi connectivity index (χ4n) is 3.55. The highest BCUT2D eigenvalue weighted by molar-refractivity contribution is 6.30. The molecular formula is C27H26ClNO4. The number of aliphatic hydroxyl groups excluding tert-OH is 1. The first-order valence-electron chi connectivity index (χ1n) is 10.9. The van der Waals surface area contributed by atoms with Crippen LogP contribution < -0.4 is 10.1 Å². The molecule has 1 heterocycles. The van der Waals surface area contributed by atoms with Gasteiger partial charge in [0.05, 0.1) is 5.56 Å².